The van der Waals surface area contributed by atoms with Crippen LogP contribution in [0.1, 0.15) is 219 Å². The second-order valence-electron chi connectivity index (χ2n) is 12.8. The van der Waals surface area contributed by atoms with E-state index in [-0.39, 0.29) is 12.1 Å². The molecule has 4 heteroatoms. The molecule has 244 valence electrons. The van der Waals surface area contributed by atoms with E-state index >= 15 is 0 Å². The number of carboxylic acid groups (broad SMARTS) is 1. The van der Waals surface area contributed by atoms with E-state index < -0.39 is 5.97 Å². The molecule has 0 amide bonds. The summed E-state index contributed by atoms with van der Waals surface area (Å²) in [6.07, 6.45) is 38.8. The Hall–Kier alpha value is -1.06. The molecule has 1 atom stereocenters. The van der Waals surface area contributed by atoms with Gasteiger partial charge in [0.2, 0.25) is 0 Å². The third-order valence-corrected chi connectivity index (χ3v) is 8.58. The number of carboxylic acids is 1. The largest absolute Gasteiger partial charge is 0.481 e. The molecule has 0 aromatic heterocycles. The quantitative estimate of drug-likeness (QED) is 0.0607. The van der Waals surface area contributed by atoms with Gasteiger partial charge in [-0.1, -0.05) is 174 Å². The van der Waals surface area contributed by atoms with Gasteiger partial charge >= 0.3 is 11.9 Å². The smallest absolute Gasteiger partial charge is 0.306 e. The number of esters is 1. The fourth-order valence-corrected chi connectivity index (χ4v) is 5.82. The van der Waals surface area contributed by atoms with Crippen LogP contribution >= 0.6 is 0 Å². The first-order valence-electron chi connectivity index (χ1n) is 18.5. The van der Waals surface area contributed by atoms with Crippen LogP contribution in [0.2, 0.25) is 0 Å². The molecular weight excluding hydrogens is 508 g/mol. The summed E-state index contributed by atoms with van der Waals surface area (Å²) in [5.41, 5.74) is 0. The second kappa shape index (κ2) is 33.4. The van der Waals surface area contributed by atoms with E-state index in [0.717, 1.165) is 38.5 Å². The van der Waals surface area contributed by atoms with Gasteiger partial charge in [0.05, 0.1) is 0 Å². The summed E-state index contributed by atoms with van der Waals surface area (Å²) in [6, 6.07) is 0. The number of carbonyl (C=O) groups excluding carboxylic acids is 1. The van der Waals surface area contributed by atoms with Crippen LogP contribution in [-0.2, 0) is 14.3 Å². The third kappa shape index (κ3) is 33.3. The maximum atomic E-state index is 12.4. The first kappa shape index (κ1) is 39.9. The highest BCUT2D eigenvalue weighted by Gasteiger charge is 2.13. The predicted molar refractivity (Wildman–Crippen MR) is 177 cm³/mol. The molecular formula is C37H72O4. The van der Waals surface area contributed by atoms with E-state index in [4.69, 9.17) is 9.84 Å². The van der Waals surface area contributed by atoms with E-state index in [0.29, 0.717) is 12.8 Å². The Labute approximate surface area is 256 Å². The molecule has 0 aliphatic carbocycles. The highest BCUT2D eigenvalue weighted by molar-refractivity contribution is 5.69. The fourth-order valence-electron chi connectivity index (χ4n) is 5.82. The summed E-state index contributed by atoms with van der Waals surface area (Å²) in [5.74, 6) is -0.626. The van der Waals surface area contributed by atoms with Gasteiger partial charge in [0.1, 0.15) is 6.10 Å². The topological polar surface area (TPSA) is 63.6 Å². The molecule has 4 nitrogen and oxygen atoms in total. The molecule has 0 bridgehead atoms. The lowest BCUT2D eigenvalue weighted by Gasteiger charge is -2.18. The first-order valence-corrected chi connectivity index (χ1v) is 18.5. The molecule has 0 radical (unpaired) electrons. The van der Waals surface area contributed by atoms with E-state index in [2.05, 4.69) is 13.8 Å². The van der Waals surface area contributed by atoms with Crippen LogP contribution in [0.3, 0.4) is 0 Å². The maximum absolute atomic E-state index is 12.4. The summed E-state index contributed by atoms with van der Waals surface area (Å²) in [4.78, 5) is 22.9. The second-order valence-corrected chi connectivity index (χ2v) is 12.8. The highest BCUT2D eigenvalue weighted by atomic mass is 16.5. The molecule has 0 aliphatic heterocycles. The van der Waals surface area contributed by atoms with Gasteiger partial charge in [-0.15, -0.1) is 0 Å². The number of hydrogen-bond donors (Lipinski definition) is 1. The van der Waals surface area contributed by atoms with Crippen molar-refractivity contribution in [3.05, 3.63) is 0 Å². The van der Waals surface area contributed by atoms with E-state index in [1.165, 1.54) is 154 Å². The number of unbranched alkanes of at least 4 members (excludes halogenated alkanes) is 25. The zero-order valence-electron chi connectivity index (χ0n) is 27.9. The van der Waals surface area contributed by atoms with Gasteiger partial charge in [0, 0.05) is 12.8 Å². The molecule has 0 aromatic rings. The Balaban J connectivity index is 3.60. The Kier molecular flexibility index (Phi) is 32.6. The lowest BCUT2D eigenvalue weighted by atomic mass is 10.0. The number of rotatable bonds is 34. The van der Waals surface area contributed by atoms with Crippen molar-refractivity contribution in [2.45, 2.75) is 225 Å². The van der Waals surface area contributed by atoms with Crippen molar-refractivity contribution < 1.29 is 19.4 Å². The van der Waals surface area contributed by atoms with Gasteiger partial charge in [-0.25, -0.2) is 0 Å². The van der Waals surface area contributed by atoms with Crippen molar-refractivity contribution in [1.82, 2.24) is 0 Å². The van der Waals surface area contributed by atoms with Crippen LogP contribution < -0.4 is 0 Å². The van der Waals surface area contributed by atoms with Crippen LogP contribution in [0, 0.1) is 0 Å². The van der Waals surface area contributed by atoms with Crippen LogP contribution in [-0.4, -0.2) is 23.1 Å². The number of carbonyl (C=O) groups is 2. The standard InChI is InChI=1S/C37H72O4/c1-3-5-7-8-9-10-11-18-21-24-27-30-34-37(40)41-35(31-6-4-2)32-28-25-22-19-16-14-12-13-15-17-20-23-26-29-33-36(38)39/h35H,3-34H2,1-2H3,(H,38,39). The molecule has 41 heavy (non-hydrogen) atoms. The predicted octanol–water partition coefficient (Wildman–Crippen LogP) is 12.5. The minimum Gasteiger partial charge on any atom is -0.481 e. The third-order valence-electron chi connectivity index (χ3n) is 8.58. The molecule has 0 spiro atoms. The van der Waals surface area contributed by atoms with Crippen molar-refractivity contribution >= 4 is 11.9 Å². The molecule has 0 saturated heterocycles. The summed E-state index contributed by atoms with van der Waals surface area (Å²) in [5, 5.41) is 8.65. The molecule has 0 rings (SSSR count). The number of aliphatic carboxylic acids is 1. The van der Waals surface area contributed by atoms with E-state index in [1.54, 1.807) is 0 Å². The Morgan fingerprint density at radius 1 is 0.439 bits per heavy atom. The molecule has 1 unspecified atom stereocenters. The maximum Gasteiger partial charge on any atom is 0.306 e. The highest BCUT2D eigenvalue weighted by Crippen LogP contribution is 2.18. The van der Waals surface area contributed by atoms with Gasteiger partial charge in [-0.2, -0.15) is 0 Å². The molecule has 0 aromatic carbocycles. The molecule has 0 fully saturated rings. The van der Waals surface area contributed by atoms with E-state index in [1.807, 2.05) is 0 Å². The van der Waals surface area contributed by atoms with Gasteiger partial charge in [0.15, 0.2) is 0 Å². The Morgan fingerprint density at radius 2 is 0.756 bits per heavy atom. The summed E-state index contributed by atoms with van der Waals surface area (Å²) < 4.78 is 5.92. The van der Waals surface area contributed by atoms with Gasteiger partial charge in [-0.3, -0.25) is 9.59 Å². The van der Waals surface area contributed by atoms with Crippen molar-refractivity contribution in [3.8, 4) is 0 Å². The molecule has 1 N–H and O–H groups in total. The lowest BCUT2D eigenvalue weighted by molar-refractivity contribution is -0.150. The van der Waals surface area contributed by atoms with Gasteiger partial charge in [-0.05, 0) is 32.1 Å². The van der Waals surface area contributed by atoms with Crippen molar-refractivity contribution in [1.29, 1.82) is 0 Å². The Bertz CT molecular complexity index is 547. The lowest BCUT2D eigenvalue weighted by Crippen LogP contribution is -2.18. The molecule has 0 saturated carbocycles. The minimum atomic E-state index is -0.665. The van der Waals surface area contributed by atoms with Gasteiger partial charge < -0.3 is 9.84 Å². The van der Waals surface area contributed by atoms with Crippen LogP contribution in [0.25, 0.3) is 0 Å². The number of hydrogen-bond acceptors (Lipinski definition) is 3. The van der Waals surface area contributed by atoms with Crippen LogP contribution in [0.5, 0.6) is 0 Å². The average molecular weight is 581 g/mol. The normalized spacial score (nSPS) is 12.0. The SMILES string of the molecule is CCCCCCCCCCCCCCC(=O)OC(CCCC)CCCCCCCCCCCCCCCCC(=O)O. The minimum absolute atomic E-state index is 0.0383. The number of ether oxygens (including phenoxy) is 1. The fraction of sp³-hybridized carbons (Fsp3) is 0.946. The van der Waals surface area contributed by atoms with Crippen molar-refractivity contribution in [3.63, 3.8) is 0 Å². The first-order chi connectivity index (χ1) is 20.1. The Morgan fingerprint density at radius 3 is 1.15 bits per heavy atom. The van der Waals surface area contributed by atoms with Crippen molar-refractivity contribution in [2.75, 3.05) is 0 Å². The summed E-state index contributed by atoms with van der Waals surface area (Å²) in [6.45, 7) is 4.50. The summed E-state index contributed by atoms with van der Waals surface area (Å²) in [7, 11) is 0. The molecule has 0 aliphatic rings. The van der Waals surface area contributed by atoms with Crippen LogP contribution in [0.15, 0.2) is 0 Å². The zero-order chi connectivity index (χ0) is 30.1. The van der Waals surface area contributed by atoms with Crippen molar-refractivity contribution in [2.24, 2.45) is 0 Å². The monoisotopic (exact) mass is 581 g/mol. The van der Waals surface area contributed by atoms with Gasteiger partial charge in [0.25, 0.3) is 0 Å². The average Bonchev–Trinajstić information content (AvgIpc) is 2.95. The molecule has 0 heterocycles. The van der Waals surface area contributed by atoms with E-state index in [9.17, 15) is 9.59 Å². The summed E-state index contributed by atoms with van der Waals surface area (Å²) >= 11 is 0. The zero-order valence-corrected chi connectivity index (χ0v) is 27.9. The van der Waals surface area contributed by atoms with Crippen LogP contribution in [0.4, 0.5) is 0 Å².